The Balaban J connectivity index is 2.49. The van der Waals surface area contributed by atoms with E-state index in [9.17, 15) is 4.79 Å². The zero-order valence-corrected chi connectivity index (χ0v) is 10.7. The minimum Gasteiger partial charge on any atom is -0.496 e. The molecular weight excluding hydrogens is 220 g/mol. The average molecular weight is 238 g/mol. The minimum absolute atomic E-state index is 0.267. The summed E-state index contributed by atoms with van der Waals surface area (Å²) in [7, 11) is 1.63. The molecule has 0 atom stereocenters. The van der Waals surface area contributed by atoms with E-state index in [4.69, 9.17) is 4.74 Å². The van der Waals surface area contributed by atoms with Gasteiger partial charge in [0.15, 0.2) is 0 Å². The molecule has 0 bridgehead atoms. The number of hydrogen-bond acceptors (Lipinski definition) is 3. The molecule has 0 aromatic heterocycles. The average Bonchev–Trinajstić information content (AvgIpc) is 2.30. The van der Waals surface area contributed by atoms with Gasteiger partial charge in [-0.05, 0) is 18.2 Å². The number of Topliss-reactive ketones (excluding diaryl/α,β-unsaturated/α-hetero) is 1. The van der Waals surface area contributed by atoms with Crippen LogP contribution in [-0.4, -0.2) is 24.4 Å². The van der Waals surface area contributed by atoms with Crippen molar-refractivity contribution in [3.63, 3.8) is 0 Å². The van der Waals surface area contributed by atoms with Gasteiger partial charge in [-0.3, -0.25) is 4.79 Å². The molecule has 1 rings (SSSR count). The number of rotatable bonds is 7. The summed E-state index contributed by atoms with van der Waals surface area (Å²) >= 11 is 1.70. The molecule has 0 saturated carbocycles. The number of carbonyl (C=O) groups excluding carboxylic acids is 1. The van der Waals surface area contributed by atoms with Crippen molar-refractivity contribution in [1.82, 2.24) is 0 Å². The van der Waals surface area contributed by atoms with Crippen LogP contribution in [-0.2, 0) is 11.2 Å². The molecule has 0 saturated heterocycles. The van der Waals surface area contributed by atoms with E-state index in [2.05, 4.69) is 6.92 Å². The number of thioether (sulfide) groups is 1. The van der Waals surface area contributed by atoms with Gasteiger partial charge in [0.2, 0.25) is 0 Å². The summed E-state index contributed by atoms with van der Waals surface area (Å²) in [6.45, 7) is 2.12. The number of carbonyl (C=O) groups is 1. The van der Waals surface area contributed by atoms with Crippen molar-refractivity contribution in [2.24, 2.45) is 0 Å². The van der Waals surface area contributed by atoms with Crippen LogP contribution in [0.1, 0.15) is 18.9 Å². The largest absolute Gasteiger partial charge is 0.496 e. The molecule has 0 amide bonds. The van der Waals surface area contributed by atoms with E-state index in [-0.39, 0.29) is 5.78 Å². The zero-order valence-electron chi connectivity index (χ0n) is 9.86. The molecule has 1 aromatic rings. The van der Waals surface area contributed by atoms with Gasteiger partial charge >= 0.3 is 0 Å². The number of ketones is 1. The molecule has 88 valence electrons. The van der Waals surface area contributed by atoms with Crippen LogP contribution in [0.4, 0.5) is 0 Å². The normalized spacial score (nSPS) is 10.1. The van der Waals surface area contributed by atoms with Crippen LogP contribution in [0.2, 0.25) is 0 Å². The predicted molar refractivity (Wildman–Crippen MR) is 69.3 cm³/mol. The lowest BCUT2D eigenvalue weighted by atomic mass is 10.1. The summed E-state index contributed by atoms with van der Waals surface area (Å²) < 4.78 is 5.21. The quantitative estimate of drug-likeness (QED) is 0.683. The van der Waals surface area contributed by atoms with E-state index >= 15 is 0 Å². The van der Waals surface area contributed by atoms with Crippen molar-refractivity contribution in [1.29, 1.82) is 0 Å². The van der Waals surface area contributed by atoms with Crippen molar-refractivity contribution in [2.45, 2.75) is 19.8 Å². The van der Waals surface area contributed by atoms with Crippen molar-refractivity contribution in [3.05, 3.63) is 29.8 Å². The van der Waals surface area contributed by atoms with E-state index in [0.29, 0.717) is 12.2 Å². The molecule has 3 heteroatoms. The second-order valence-electron chi connectivity index (χ2n) is 3.58. The predicted octanol–water partition coefficient (Wildman–Crippen LogP) is 2.95. The maximum absolute atomic E-state index is 11.7. The van der Waals surface area contributed by atoms with Gasteiger partial charge in [-0.1, -0.05) is 25.1 Å². The number of hydrogen-bond donors (Lipinski definition) is 0. The number of benzene rings is 1. The molecule has 0 aliphatic carbocycles. The van der Waals surface area contributed by atoms with Crippen LogP contribution >= 0.6 is 11.8 Å². The Morgan fingerprint density at radius 1 is 1.38 bits per heavy atom. The lowest BCUT2D eigenvalue weighted by molar-refractivity contribution is -0.116. The van der Waals surface area contributed by atoms with Crippen LogP contribution in [0.3, 0.4) is 0 Å². The lowest BCUT2D eigenvalue weighted by Crippen LogP contribution is -2.07. The maximum Gasteiger partial charge on any atom is 0.147 e. The van der Waals surface area contributed by atoms with E-state index in [1.54, 1.807) is 18.9 Å². The molecule has 0 heterocycles. The monoisotopic (exact) mass is 238 g/mol. The summed E-state index contributed by atoms with van der Waals surface area (Å²) in [6, 6.07) is 7.69. The van der Waals surface area contributed by atoms with E-state index in [0.717, 1.165) is 23.5 Å². The van der Waals surface area contributed by atoms with Gasteiger partial charge in [-0.15, -0.1) is 0 Å². The molecule has 1 aromatic carbocycles. The van der Waals surface area contributed by atoms with E-state index in [1.165, 1.54) is 0 Å². The van der Waals surface area contributed by atoms with Crippen LogP contribution in [0, 0.1) is 0 Å². The van der Waals surface area contributed by atoms with Crippen LogP contribution < -0.4 is 4.74 Å². The Hall–Kier alpha value is -0.960. The molecule has 0 aliphatic rings. The highest BCUT2D eigenvalue weighted by atomic mass is 32.2. The Kier molecular flexibility index (Phi) is 6.01. The van der Waals surface area contributed by atoms with Gasteiger partial charge in [0.25, 0.3) is 0 Å². The first-order valence-electron chi connectivity index (χ1n) is 5.49. The highest BCUT2D eigenvalue weighted by Gasteiger charge is 2.07. The van der Waals surface area contributed by atoms with Crippen molar-refractivity contribution < 1.29 is 9.53 Å². The van der Waals surface area contributed by atoms with Gasteiger partial charge in [0.05, 0.1) is 12.9 Å². The first-order valence-corrected chi connectivity index (χ1v) is 6.64. The fraction of sp³-hybridized carbons (Fsp3) is 0.462. The fourth-order valence-electron chi connectivity index (χ4n) is 1.44. The number of ether oxygens (including phenoxy) is 1. The third-order valence-electron chi connectivity index (χ3n) is 2.19. The van der Waals surface area contributed by atoms with Gasteiger partial charge in [0, 0.05) is 12.0 Å². The SMILES string of the molecule is CCCSCC(=O)Cc1ccccc1OC. The Morgan fingerprint density at radius 2 is 2.12 bits per heavy atom. The molecule has 0 aliphatic heterocycles. The molecule has 0 unspecified atom stereocenters. The molecule has 0 spiro atoms. The van der Waals surface area contributed by atoms with Crippen molar-refractivity contribution >= 4 is 17.5 Å². The number of para-hydroxylation sites is 1. The summed E-state index contributed by atoms with van der Waals surface area (Å²) in [5.41, 5.74) is 0.979. The maximum atomic E-state index is 11.7. The van der Waals surface area contributed by atoms with Crippen LogP contribution in [0.25, 0.3) is 0 Å². The molecule has 0 radical (unpaired) electrons. The Morgan fingerprint density at radius 3 is 2.81 bits per heavy atom. The summed E-state index contributed by atoms with van der Waals surface area (Å²) in [4.78, 5) is 11.7. The first-order chi connectivity index (χ1) is 7.77. The molecule has 0 fully saturated rings. The molecule has 16 heavy (non-hydrogen) atoms. The molecule has 2 nitrogen and oxygen atoms in total. The minimum atomic E-state index is 0.267. The smallest absolute Gasteiger partial charge is 0.147 e. The molecular formula is C13H18O2S. The topological polar surface area (TPSA) is 26.3 Å². The first kappa shape index (κ1) is 13.1. The molecule has 0 N–H and O–H groups in total. The summed E-state index contributed by atoms with van der Waals surface area (Å²) in [6.07, 6.45) is 1.59. The fourth-order valence-corrected chi connectivity index (χ4v) is 2.21. The van der Waals surface area contributed by atoms with Crippen molar-refractivity contribution in [2.75, 3.05) is 18.6 Å². The Labute approximate surface area is 101 Å². The third kappa shape index (κ3) is 4.27. The van der Waals surface area contributed by atoms with E-state index < -0.39 is 0 Å². The van der Waals surface area contributed by atoms with Crippen LogP contribution in [0.15, 0.2) is 24.3 Å². The lowest BCUT2D eigenvalue weighted by Gasteiger charge is -2.07. The van der Waals surface area contributed by atoms with Crippen LogP contribution in [0.5, 0.6) is 5.75 Å². The standard InChI is InChI=1S/C13H18O2S/c1-3-8-16-10-12(14)9-11-6-4-5-7-13(11)15-2/h4-7H,3,8-10H2,1-2H3. The van der Waals surface area contributed by atoms with Gasteiger partial charge in [0.1, 0.15) is 11.5 Å². The summed E-state index contributed by atoms with van der Waals surface area (Å²) in [5, 5.41) is 0. The Bertz CT molecular complexity index is 336. The second kappa shape index (κ2) is 7.34. The van der Waals surface area contributed by atoms with Gasteiger partial charge in [-0.2, -0.15) is 11.8 Å². The second-order valence-corrected chi connectivity index (χ2v) is 4.69. The van der Waals surface area contributed by atoms with Crippen molar-refractivity contribution in [3.8, 4) is 5.75 Å². The zero-order chi connectivity index (χ0) is 11.8. The number of methoxy groups -OCH3 is 1. The third-order valence-corrected chi connectivity index (χ3v) is 3.41. The highest BCUT2D eigenvalue weighted by molar-refractivity contribution is 7.99. The van der Waals surface area contributed by atoms with Gasteiger partial charge in [-0.25, -0.2) is 0 Å². The van der Waals surface area contributed by atoms with Gasteiger partial charge < -0.3 is 4.74 Å². The van der Waals surface area contributed by atoms with E-state index in [1.807, 2.05) is 24.3 Å². The highest BCUT2D eigenvalue weighted by Crippen LogP contribution is 2.18. The summed E-state index contributed by atoms with van der Waals surface area (Å²) in [5.74, 6) is 2.73.